The molecule has 1 aromatic rings. The molecule has 0 aromatic heterocycles. The highest BCUT2D eigenvalue weighted by Gasteiger charge is 2.21. The molecule has 21 heavy (non-hydrogen) atoms. The first kappa shape index (κ1) is 16.0. The zero-order chi connectivity index (χ0) is 15.2. The van der Waals surface area contributed by atoms with Gasteiger partial charge in [0, 0.05) is 12.6 Å². The first-order valence-electron chi connectivity index (χ1n) is 7.87. The Balaban J connectivity index is 1.94. The molecule has 1 fully saturated rings. The molecule has 4 heteroatoms. The second-order valence-electron chi connectivity index (χ2n) is 5.91. The minimum atomic E-state index is -1.22. The monoisotopic (exact) mass is 293 g/mol. The Labute approximate surface area is 125 Å². The number of hydrogen-bond acceptors (Lipinski definition) is 2. The van der Waals surface area contributed by atoms with E-state index >= 15 is 0 Å². The molecule has 0 heterocycles. The number of benzene rings is 1. The van der Waals surface area contributed by atoms with Crippen LogP contribution in [0.2, 0.25) is 0 Å². The summed E-state index contributed by atoms with van der Waals surface area (Å²) in [5, 5.41) is 12.3. The molecule has 0 spiro atoms. The standard InChI is InChI=1S/C17H24FNO2/c1-2-16(13-6-4-3-5-7-13)19-11-12-8-9-14(17(20)21)15(18)10-12/h8-10,13,16,19H,2-7,11H2,1H3,(H,20,21). The fraction of sp³-hybridized carbons (Fsp3) is 0.588. The van der Waals surface area contributed by atoms with E-state index in [9.17, 15) is 9.18 Å². The number of aromatic carboxylic acids is 1. The first-order valence-corrected chi connectivity index (χ1v) is 7.87. The van der Waals surface area contributed by atoms with E-state index in [0.29, 0.717) is 18.5 Å². The zero-order valence-electron chi connectivity index (χ0n) is 12.6. The van der Waals surface area contributed by atoms with Crippen molar-refractivity contribution in [2.75, 3.05) is 0 Å². The van der Waals surface area contributed by atoms with E-state index in [1.165, 1.54) is 44.2 Å². The topological polar surface area (TPSA) is 49.3 Å². The highest BCUT2D eigenvalue weighted by molar-refractivity contribution is 5.87. The molecular weight excluding hydrogens is 269 g/mol. The van der Waals surface area contributed by atoms with Crippen LogP contribution in [0.25, 0.3) is 0 Å². The van der Waals surface area contributed by atoms with Crippen LogP contribution in [0, 0.1) is 11.7 Å². The number of carbonyl (C=O) groups is 1. The van der Waals surface area contributed by atoms with Crippen LogP contribution in [0.4, 0.5) is 4.39 Å². The van der Waals surface area contributed by atoms with E-state index < -0.39 is 11.8 Å². The minimum Gasteiger partial charge on any atom is -0.478 e. The maximum absolute atomic E-state index is 13.7. The third-order valence-electron chi connectivity index (χ3n) is 4.49. The molecule has 1 atom stereocenters. The van der Waals surface area contributed by atoms with E-state index in [2.05, 4.69) is 12.2 Å². The molecule has 1 aliphatic carbocycles. The SMILES string of the molecule is CCC(NCc1ccc(C(=O)O)c(F)c1)C1CCCCC1. The van der Waals surface area contributed by atoms with Gasteiger partial charge in [-0.05, 0) is 42.9 Å². The summed E-state index contributed by atoms with van der Waals surface area (Å²) in [5.41, 5.74) is 0.532. The summed E-state index contributed by atoms with van der Waals surface area (Å²) < 4.78 is 13.7. The van der Waals surface area contributed by atoms with Gasteiger partial charge in [0.25, 0.3) is 0 Å². The normalized spacial score (nSPS) is 17.6. The van der Waals surface area contributed by atoms with Crippen LogP contribution < -0.4 is 5.32 Å². The molecule has 1 aromatic carbocycles. The Kier molecular flexibility index (Phi) is 5.74. The predicted octanol–water partition coefficient (Wildman–Crippen LogP) is 3.97. The van der Waals surface area contributed by atoms with Gasteiger partial charge in [0.15, 0.2) is 0 Å². The summed E-state index contributed by atoms with van der Waals surface area (Å²) in [4.78, 5) is 10.8. The van der Waals surface area contributed by atoms with Crippen LogP contribution in [0.5, 0.6) is 0 Å². The van der Waals surface area contributed by atoms with Gasteiger partial charge in [-0.25, -0.2) is 9.18 Å². The fourth-order valence-electron chi connectivity index (χ4n) is 3.27. The molecule has 1 aliphatic rings. The lowest BCUT2D eigenvalue weighted by Gasteiger charge is -2.30. The maximum atomic E-state index is 13.7. The van der Waals surface area contributed by atoms with Crippen molar-refractivity contribution in [2.24, 2.45) is 5.92 Å². The van der Waals surface area contributed by atoms with E-state index in [0.717, 1.165) is 12.0 Å². The highest BCUT2D eigenvalue weighted by atomic mass is 19.1. The molecule has 0 saturated heterocycles. The van der Waals surface area contributed by atoms with Gasteiger partial charge in [0.1, 0.15) is 5.82 Å². The lowest BCUT2D eigenvalue weighted by atomic mass is 9.83. The van der Waals surface area contributed by atoms with E-state index in [4.69, 9.17) is 5.11 Å². The largest absolute Gasteiger partial charge is 0.478 e. The molecular formula is C17H24FNO2. The van der Waals surface area contributed by atoms with Crippen molar-refractivity contribution in [2.45, 2.75) is 58.0 Å². The van der Waals surface area contributed by atoms with E-state index in [-0.39, 0.29) is 5.56 Å². The molecule has 0 aliphatic heterocycles. The van der Waals surface area contributed by atoms with Crippen LogP contribution in [0.1, 0.15) is 61.4 Å². The Bertz CT molecular complexity index is 484. The summed E-state index contributed by atoms with van der Waals surface area (Å²) in [6.07, 6.45) is 7.58. The third kappa shape index (κ3) is 4.27. The van der Waals surface area contributed by atoms with E-state index in [1.54, 1.807) is 6.07 Å². The molecule has 0 radical (unpaired) electrons. The summed E-state index contributed by atoms with van der Waals surface area (Å²) >= 11 is 0. The Morgan fingerprint density at radius 2 is 2.10 bits per heavy atom. The number of rotatable bonds is 6. The number of hydrogen-bond donors (Lipinski definition) is 2. The minimum absolute atomic E-state index is 0.266. The van der Waals surface area contributed by atoms with Gasteiger partial charge in [-0.2, -0.15) is 0 Å². The van der Waals surface area contributed by atoms with Crippen LogP contribution >= 0.6 is 0 Å². The quantitative estimate of drug-likeness (QED) is 0.834. The second-order valence-corrected chi connectivity index (χ2v) is 5.91. The van der Waals surface area contributed by atoms with Crippen LogP contribution in [-0.4, -0.2) is 17.1 Å². The molecule has 1 saturated carbocycles. The number of halogens is 1. The van der Waals surface area contributed by atoms with Crippen LogP contribution in [0.3, 0.4) is 0 Å². The van der Waals surface area contributed by atoms with Crippen molar-refractivity contribution in [3.8, 4) is 0 Å². The lowest BCUT2D eigenvalue weighted by molar-refractivity contribution is 0.0692. The Morgan fingerprint density at radius 3 is 2.67 bits per heavy atom. The van der Waals surface area contributed by atoms with Crippen molar-refractivity contribution in [1.29, 1.82) is 0 Å². The molecule has 1 unspecified atom stereocenters. The van der Waals surface area contributed by atoms with Crippen LogP contribution in [-0.2, 0) is 6.54 Å². The fourth-order valence-corrected chi connectivity index (χ4v) is 3.27. The average Bonchev–Trinajstić information content (AvgIpc) is 2.48. The van der Waals surface area contributed by atoms with Crippen molar-refractivity contribution in [3.05, 3.63) is 35.1 Å². The number of carboxylic acids is 1. The predicted molar refractivity (Wildman–Crippen MR) is 80.9 cm³/mol. The molecule has 0 bridgehead atoms. The first-order chi connectivity index (χ1) is 10.1. The van der Waals surface area contributed by atoms with Gasteiger partial charge in [-0.1, -0.05) is 32.3 Å². The molecule has 0 amide bonds. The molecule has 2 N–H and O–H groups in total. The van der Waals surface area contributed by atoms with Gasteiger partial charge in [-0.15, -0.1) is 0 Å². The van der Waals surface area contributed by atoms with Crippen LogP contribution in [0.15, 0.2) is 18.2 Å². The summed E-state index contributed by atoms with van der Waals surface area (Å²) in [6, 6.07) is 4.82. The maximum Gasteiger partial charge on any atom is 0.338 e. The Hall–Kier alpha value is -1.42. The number of nitrogens with one attached hydrogen (secondary N) is 1. The molecule has 3 nitrogen and oxygen atoms in total. The smallest absolute Gasteiger partial charge is 0.338 e. The summed E-state index contributed by atoms with van der Waals surface area (Å²) in [7, 11) is 0. The zero-order valence-corrected chi connectivity index (χ0v) is 12.6. The van der Waals surface area contributed by atoms with Crippen molar-refractivity contribution >= 4 is 5.97 Å². The van der Waals surface area contributed by atoms with Gasteiger partial charge in [0.2, 0.25) is 0 Å². The third-order valence-corrected chi connectivity index (χ3v) is 4.49. The number of carboxylic acid groups (broad SMARTS) is 1. The lowest BCUT2D eigenvalue weighted by Crippen LogP contribution is -2.36. The summed E-state index contributed by atoms with van der Waals surface area (Å²) in [6.45, 7) is 2.77. The molecule has 116 valence electrons. The average molecular weight is 293 g/mol. The van der Waals surface area contributed by atoms with Crippen molar-refractivity contribution in [3.63, 3.8) is 0 Å². The van der Waals surface area contributed by atoms with Gasteiger partial charge >= 0.3 is 5.97 Å². The van der Waals surface area contributed by atoms with Crippen molar-refractivity contribution < 1.29 is 14.3 Å². The highest BCUT2D eigenvalue weighted by Crippen LogP contribution is 2.27. The van der Waals surface area contributed by atoms with Gasteiger partial charge < -0.3 is 10.4 Å². The summed E-state index contributed by atoms with van der Waals surface area (Å²) in [5.74, 6) is -1.17. The Morgan fingerprint density at radius 1 is 1.38 bits per heavy atom. The molecule has 2 rings (SSSR count). The van der Waals surface area contributed by atoms with E-state index in [1.807, 2.05) is 0 Å². The second kappa shape index (κ2) is 7.55. The van der Waals surface area contributed by atoms with Crippen molar-refractivity contribution in [1.82, 2.24) is 5.32 Å². The van der Waals surface area contributed by atoms with Gasteiger partial charge in [0.05, 0.1) is 5.56 Å². The van der Waals surface area contributed by atoms with Gasteiger partial charge in [-0.3, -0.25) is 0 Å².